The van der Waals surface area contributed by atoms with Gasteiger partial charge in [-0.1, -0.05) is 49.7 Å². The monoisotopic (exact) mass is 331 g/mol. The number of halogens is 1. The van der Waals surface area contributed by atoms with Crippen LogP contribution >= 0.6 is 15.9 Å². The van der Waals surface area contributed by atoms with Gasteiger partial charge in [0.05, 0.1) is 0 Å². The summed E-state index contributed by atoms with van der Waals surface area (Å²) in [6, 6.07) is 15.5. The van der Waals surface area contributed by atoms with Gasteiger partial charge in [-0.25, -0.2) is 0 Å². The van der Waals surface area contributed by atoms with E-state index < -0.39 is 0 Å². The Morgan fingerprint density at radius 2 is 1.80 bits per heavy atom. The van der Waals surface area contributed by atoms with Crippen LogP contribution in [0, 0.1) is 6.92 Å². The molecule has 0 aliphatic heterocycles. The van der Waals surface area contributed by atoms with Gasteiger partial charge in [0, 0.05) is 16.2 Å². The first-order chi connectivity index (χ1) is 9.61. The summed E-state index contributed by atoms with van der Waals surface area (Å²) in [7, 11) is 0. The van der Waals surface area contributed by atoms with Crippen LogP contribution in [0.15, 0.2) is 46.9 Å². The predicted octanol–water partition coefficient (Wildman–Crippen LogP) is 5.88. The molecule has 0 aliphatic rings. The van der Waals surface area contributed by atoms with Gasteiger partial charge in [0.1, 0.15) is 0 Å². The summed E-state index contributed by atoms with van der Waals surface area (Å²) in [5.74, 6) is 0. The zero-order valence-corrected chi connectivity index (χ0v) is 14.0. The minimum Gasteiger partial charge on any atom is -0.378 e. The number of hydrogen-bond donors (Lipinski definition) is 1. The molecule has 20 heavy (non-hydrogen) atoms. The lowest BCUT2D eigenvalue weighted by molar-refractivity contribution is 0.875. The summed E-state index contributed by atoms with van der Waals surface area (Å²) >= 11 is 3.65. The molecule has 2 rings (SSSR count). The van der Waals surface area contributed by atoms with E-state index in [2.05, 4.69) is 84.5 Å². The topological polar surface area (TPSA) is 12.0 Å². The van der Waals surface area contributed by atoms with Crippen LogP contribution in [0.2, 0.25) is 0 Å². The molecule has 0 fully saturated rings. The molecular formula is C18H22BrN. The van der Waals surface area contributed by atoms with Crippen molar-refractivity contribution in [3.63, 3.8) is 0 Å². The Kier molecular flexibility index (Phi) is 5.24. The van der Waals surface area contributed by atoms with E-state index in [0.29, 0.717) is 6.04 Å². The second-order valence-electron chi connectivity index (χ2n) is 5.29. The van der Waals surface area contributed by atoms with Crippen LogP contribution in [0.1, 0.15) is 43.0 Å². The molecule has 0 saturated heterocycles. The Morgan fingerprint density at radius 3 is 2.45 bits per heavy atom. The number of benzene rings is 2. The van der Waals surface area contributed by atoms with E-state index in [1.807, 2.05) is 0 Å². The minimum atomic E-state index is 0.295. The first-order valence-corrected chi connectivity index (χ1v) is 8.01. The van der Waals surface area contributed by atoms with Crippen molar-refractivity contribution in [2.75, 3.05) is 5.32 Å². The van der Waals surface area contributed by atoms with Crippen molar-refractivity contribution >= 4 is 21.6 Å². The van der Waals surface area contributed by atoms with Crippen LogP contribution in [0.5, 0.6) is 0 Å². The van der Waals surface area contributed by atoms with Crippen LogP contribution in [0.4, 0.5) is 5.69 Å². The van der Waals surface area contributed by atoms with Crippen LogP contribution in [0.3, 0.4) is 0 Å². The van der Waals surface area contributed by atoms with Crippen LogP contribution in [0.25, 0.3) is 0 Å². The fourth-order valence-electron chi connectivity index (χ4n) is 2.34. The molecule has 0 spiro atoms. The van der Waals surface area contributed by atoms with Gasteiger partial charge < -0.3 is 5.32 Å². The number of hydrogen-bond acceptors (Lipinski definition) is 1. The standard InChI is InChI=1S/C18H22BrN/c1-4-6-15-9-11-16(12-10-15)14(3)20-17-8-5-7-13(2)18(17)19/h5,7-12,14,20H,4,6H2,1-3H3. The summed E-state index contributed by atoms with van der Waals surface area (Å²) in [5.41, 5.74) is 5.13. The van der Waals surface area contributed by atoms with Crippen LogP contribution < -0.4 is 5.32 Å². The van der Waals surface area contributed by atoms with Crippen molar-refractivity contribution < 1.29 is 0 Å². The molecule has 0 aromatic heterocycles. The second-order valence-corrected chi connectivity index (χ2v) is 6.09. The minimum absolute atomic E-state index is 0.295. The number of anilines is 1. The van der Waals surface area contributed by atoms with E-state index in [9.17, 15) is 0 Å². The van der Waals surface area contributed by atoms with Crippen molar-refractivity contribution in [3.8, 4) is 0 Å². The second kappa shape index (κ2) is 6.94. The molecule has 2 heteroatoms. The van der Waals surface area contributed by atoms with Gasteiger partial charge in [0.2, 0.25) is 0 Å². The van der Waals surface area contributed by atoms with Crippen molar-refractivity contribution in [1.29, 1.82) is 0 Å². The fourth-order valence-corrected chi connectivity index (χ4v) is 2.72. The Morgan fingerprint density at radius 1 is 1.10 bits per heavy atom. The lowest BCUT2D eigenvalue weighted by atomic mass is 10.0. The molecule has 0 heterocycles. The maximum atomic E-state index is 3.65. The lowest BCUT2D eigenvalue weighted by Crippen LogP contribution is -2.07. The summed E-state index contributed by atoms with van der Waals surface area (Å²) in [5, 5.41) is 3.57. The predicted molar refractivity (Wildman–Crippen MR) is 91.4 cm³/mol. The third kappa shape index (κ3) is 3.63. The van der Waals surface area contributed by atoms with Crippen molar-refractivity contribution in [3.05, 3.63) is 63.6 Å². The lowest BCUT2D eigenvalue weighted by Gasteiger charge is -2.18. The average Bonchev–Trinajstić information content (AvgIpc) is 2.45. The van der Waals surface area contributed by atoms with Crippen LogP contribution in [-0.2, 0) is 6.42 Å². The molecular weight excluding hydrogens is 310 g/mol. The number of aryl methyl sites for hydroxylation is 2. The quantitative estimate of drug-likeness (QED) is 0.720. The number of nitrogens with one attached hydrogen (secondary N) is 1. The largest absolute Gasteiger partial charge is 0.378 e. The van der Waals surface area contributed by atoms with Gasteiger partial charge in [-0.3, -0.25) is 0 Å². The van der Waals surface area contributed by atoms with Gasteiger partial charge in [-0.2, -0.15) is 0 Å². The molecule has 2 aromatic carbocycles. The Hall–Kier alpha value is -1.28. The summed E-state index contributed by atoms with van der Waals surface area (Å²) in [6.07, 6.45) is 2.36. The van der Waals surface area contributed by atoms with E-state index in [0.717, 1.165) is 16.6 Å². The summed E-state index contributed by atoms with van der Waals surface area (Å²) in [6.45, 7) is 6.52. The average molecular weight is 332 g/mol. The van der Waals surface area contributed by atoms with Crippen LogP contribution in [-0.4, -0.2) is 0 Å². The summed E-state index contributed by atoms with van der Waals surface area (Å²) < 4.78 is 1.15. The highest BCUT2D eigenvalue weighted by atomic mass is 79.9. The van der Waals surface area contributed by atoms with Crippen molar-refractivity contribution in [2.24, 2.45) is 0 Å². The van der Waals surface area contributed by atoms with Crippen molar-refractivity contribution in [2.45, 2.75) is 39.7 Å². The normalized spacial score (nSPS) is 12.2. The molecule has 1 atom stereocenters. The molecule has 106 valence electrons. The fraction of sp³-hybridized carbons (Fsp3) is 0.333. The zero-order chi connectivity index (χ0) is 14.5. The number of rotatable bonds is 5. The maximum Gasteiger partial charge on any atom is 0.0492 e. The third-order valence-corrected chi connectivity index (χ3v) is 4.63. The molecule has 0 radical (unpaired) electrons. The van der Waals surface area contributed by atoms with Gasteiger partial charge in [0.25, 0.3) is 0 Å². The highest BCUT2D eigenvalue weighted by Gasteiger charge is 2.08. The van der Waals surface area contributed by atoms with E-state index in [-0.39, 0.29) is 0 Å². The first-order valence-electron chi connectivity index (χ1n) is 7.22. The Balaban J connectivity index is 2.11. The highest BCUT2D eigenvalue weighted by molar-refractivity contribution is 9.10. The van der Waals surface area contributed by atoms with Gasteiger partial charge in [-0.05, 0) is 59.0 Å². The zero-order valence-electron chi connectivity index (χ0n) is 12.4. The molecule has 0 amide bonds. The SMILES string of the molecule is CCCc1ccc(C(C)Nc2cccc(C)c2Br)cc1. The van der Waals surface area contributed by atoms with E-state index in [4.69, 9.17) is 0 Å². The molecule has 1 nitrogen and oxygen atoms in total. The molecule has 0 aliphatic carbocycles. The van der Waals surface area contributed by atoms with E-state index in [1.165, 1.54) is 23.1 Å². The molecule has 0 bridgehead atoms. The smallest absolute Gasteiger partial charge is 0.0492 e. The van der Waals surface area contributed by atoms with Crippen molar-refractivity contribution in [1.82, 2.24) is 0 Å². The van der Waals surface area contributed by atoms with Gasteiger partial charge in [-0.15, -0.1) is 0 Å². The molecule has 2 aromatic rings. The van der Waals surface area contributed by atoms with E-state index in [1.54, 1.807) is 0 Å². The Labute approximate surface area is 130 Å². The Bertz CT molecular complexity index is 560. The van der Waals surface area contributed by atoms with Gasteiger partial charge in [0.15, 0.2) is 0 Å². The maximum absolute atomic E-state index is 3.65. The van der Waals surface area contributed by atoms with Gasteiger partial charge >= 0.3 is 0 Å². The highest BCUT2D eigenvalue weighted by Crippen LogP contribution is 2.29. The molecule has 1 N–H and O–H groups in total. The third-order valence-electron chi connectivity index (χ3n) is 3.58. The first kappa shape index (κ1) is 15.1. The molecule has 1 unspecified atom stereocenters. The van der Waals surface area contributed by atoms with E-state index >= 15 is 0 Å². The summed E-state index contributed by atoms with van der Waals surface area (Å²) in [4.78, 5) is 0. The molecule has 0 saturated carbocycles.